The van der Waals surface area contributed by atoms with Gasteiger partial charge in [-0.15, -0.1) is 0 Å². The fourth-order valence-electron chi connectivity index (χ4n) is 3.74. The van der Waals surface area contributed by atoms with E-state index in [-0.39, 0.29) is 12.1 Å². The molecule has 0 radical (unpaired) electrons. The van der Waals surface area contributed by atoms with Crippen molar-refractivity contribution in [2.45, 2.75) is 19.5 Å². The van der Waals surface area contributed by atoms with Crippen LogP contribution >= 0.6 is 0 Å². The van der Waals surface area contributed by atoms with Crippen LogP contribution in [-0.4, -0.2) is 48.0 Å². The number of rotatable bonds is 3. The van der Waals surface area contributed by atoms with Crippen LogP contribution in [0.15, 0.2) is 42.5 Å². The van der Waals surface area contributed by atoms with Crippen molar-refractivity contribution >= 4 is 23.2 Å². The van der Waals surface area contributed by atoms with Crippen LogP contribution < -0.4 is 11.1 Å². The van der Waals surface area contributed by atoms with Crippen LogP contribution in [0.5, 0.6) is 0 Å². The van der Waals surface area contributed by atoms with Crippen molar-refractivity contribution in [2.24, 2.45) is 0 Å². The number of carbonyl (C=O) groups is 1. The van der Waals surface area contributed by atoms with Gasteiger partial charge in [-0.3, -0.25) is 5.41 Å². The van der Waals surface area contributed by atoms with Crippen molar-refractivity contribution in [3.05, 3.63) is 59.2 Å². The Bertz CT molecular complexity index is 893. The number of nitrogens with one attached hydrogen (secondary N) is 2. The van der Waals surface area contributed by atoms with Crippen molar-refractivity contribution < 1.29 is 9.53 Å². The first-order valence-electron chi connectivity index (χ1n) is 9.51. The van der Waals surface area contributed by atoms with Crippen LogP contribution in [0.4, 0.5) is 16.2 Å². The van der Waals surface area contributed by atoms with E-state index in [4.69, 9.17) is 15.9 Å². The van der Waals surface area contributed by atoms with Gasteiger partial charge in [-0.05, 0) is 30.2 Å². The summed E-state index contributed by atoms with van der Waals surface area (Å²) < 4.78 is 5.38. The second kappa shape index (κ2) is 7.52. The molecule has 2 aliphatic rings. The zero-order valence-electron chi connectivity index (χ0n) is 15.9. The van der Waals surface area contributed by atoms with Gasteiger partial charge >= 0.3 is 6.03 Å². The second-order valence-corrected chi connectivity index (χ2v) is 7.19. The molecule has 0 bridgehead atoms. The Kier molecular flexibility index (Phi) is 4.92. The van der Waals surface area contributed by atoms with Gasteiger partial charge < -0.3 is 25.6 Å². The molecule has 2 aromatic rings. The number of hydrogen-bond donors (Lipinski definition) is 3. The molecule has 1 atom stereocenters. The number of nitrogens with zero attached hydrogens (tertiary/aromatic N) is 2. The van der Waals surface area contributed by atoms with Crippen LogP contribution in [-0.2, 0) is 11.3 Å². The third-order valence-corrected chi connectivity index (χ3v) is 5.45. The first kappa shape index (κ1) is 18.3. The van der Waals surface area contributed by atoms with E-state index >= 15 is 0 Å². The molecule has 0 aromatic heterocycles. The predicted octanol–water partition coefficient (Wildman–Crippen LogP) is 3.04. The summed E-state index contributed by atoms with van der Waals surface area (Å²) in [4.78, 5) is 16.4. The molecule has 7 nitrogen and oxygen atoms in total. The Balaban J connectivity index is 1.61. The molecule has 2 aliphatic heterocycles. The largest absolute Gasteiger partial charge is 0.398 e. The summed E-state index contributed by atoms with van der Waals surface area (Å²) in [5.74, 6) is 0.406. The maximum atomic E-state index is 12.7. The topological polar surface area (TPSA) is 94.7 Å². The molecule has 4 N–H and O–H groups in total. The second-order valence-electron chi connectivity index (χ2n) is 7.19. The van der Waals surface area contributed by atoms with Crippen molar-refractivity contribution in [1.82, 2.24) is 9.80 Å². The zero-order chi connectivity index (χ0) is 19.7. The van der Waals surface area contributed by atoms with Gasteiger partial charge in [-0.25, -0.2) is 4.79 Å². The number of urea groups is 1. The van der Waals surface area contributed by atoms with Gasteiger partial charge in [0.1, 0.15) is 5.84 Å². The summed E-state index contributed by atoms with van der Waals surface area (Å²) in [6.45, 7) is 5.10. The van der Waals surface area contributed by atoms with Crippen LogP contribution in [0.25, 0.3) is 0 Å². The Morgan fingerprint density at radius 2 is 1.93 bits per heavy atom. The number of amides is 2. The molecule has 146 valence electrons. The van der Waals surface area contributed by atoms with Crippen molar-refractivity contribution in [3.63, 3.8) is 0 Å². The average molecular weight is 379 g/mol. The van der Waals surface area contributed by atoms with Gasteiger partial charge in [0.25, 0.3) is 0 Å². The first-order chi connectivity index (χ1) is 13.5. The quantitative estimate of drug-likeness (QED) is 0.434. The molecular formula is C21H25N5O2. The molecule has 7 heteroatoms. The lowest BCUT2D eigenvalue weighted by Gasteiger charge is -2.35. The number of hydrogen-bond acceptors (Lipinski definition) is 4. The van der Waals surface area contributed by atoms with Crippen LogP contribution in [0.2, 0.25) is 0 Å². The highest BCUT2D eigenvalue weighted by atomic mass is 16.5. The van der Waals surface area contributed by atoms with Crippen molar-refractivity contribution in [3.8, 4) is 0 Å². The number of nitrogen functional groups attached to an aromatic ring is 1. The van der Waals surface area contributed by atoms with E-state index in [0.29, 0.717) is 49.9 Å². The summed E-state index contributed by atoms with van der Waals surface area (Å²) >= 11 is 0. The zero-order valence-corrected chi connectivity index (χ0v) is 15.9. The van der Waals surface area contributed by atoms with Crippen molar-refractivity contribution in [1.29, 1.82) is 5.41 Å². The molecule has 0 spiro atoms. The number of anilines is 2. The van der Waals surface area contributed by atoms with Crippen LogP contribution in [0.3, 0.4) is 0 Å². The minimum atomic E-state index is -0.140. The highest BCUT2D eigenvalue weighted by Crippen LogP contribution is 2.33. The summed E-state index contributed by atoms with van der Waals surface area (Å²) in [6.07, 6.45) is 0. The lowest BCUT2D eigenvalue weighted by atomic mass is 10.0. The Morgan fingerprint density at radius 1 is 1.21 bits per heavy atom. The average Bonchev–Trinajstić information content (AvgIpc) is 2.73. The lowest BCUT2D eigenvalue weighted by molar-refractivity contribution is 0.0680. The van der Waals surface area contributed by atoms with Gasteiger partial charge in [0.05, 0.1) is 25.8 Å². The van der Waals surface area contributed by atoms with Gasteiger partial charge in [0.2, 0.25) is 0 Å². The van der Waals surface area contributed by atoms with E-state index < -0.39 is 0 Å². The van der Waals surface area contributed by atoms with Crippen LogP contribution in [0, 0.1) is 5.41 Å². The normalized spacial score (nSPS) is 17.7. The predicted molar refractivity (Wildman–Crippen MR) is 109 cm³/mol. The Labute approximate surface area is 164 Å². The van der Waals surface area contributed by atoms with E-state index in [1.54, 1.807) is 11.0 Å². The molecular weight excluding hydrogens is 354 g/mol. The van der Waals surface area contributed by atoms with Gasteiger partial charge in [0.15, 0.2) is 0 Å². The summed E-state index contributed by atoms with van der Waals surface area (Å²) in [5, 5.41) is 11.5. The van der Waals surface area contributed by atoms with E-state index in [2.05, 4.69) is 5.32 Å². The van der Waals surface area contributed by atoms with Gasteiger partial charge in [-0.1, -0.05) is 30.3 Å². The van der Waals surface area contributed by atoms with Crippen molar-refractivity contribution in [2.75, 3.05) is 37.4 Å². The Morgan fingerprint density at radius 3 is 2.64 bits per heavy atom. The maximum Gasteiger partial charge on any atom is 0.322 e. The molecule has 1 unspecified atom stereocenters. The van der Waals surface area contributed by atoms with Crippen LogP contribution in [0.1, 0.15) is 29.7 Å². The van der Waals surface area contributed by atoms with E-state index in [1.807, 2.05) is 48.2 Å². The highest BCUT2D eigenvalue weighted by Gasteiger charge is 2.29. The minimum absolute atomic E-state index is 0.0611. The summed E-state index contributed by atoms with van der Waals surface area (Å²) in [6, 6.07) is 13.5. The molecule has 0 aliphatic carbocycles. The molecule has 0 saturated carbocycles. The molecule has 2 aromatic carbocycles. The highest BCUT2D eigenvalue weighted by molar-refractivity contribution is 6.03. The molecule has 1 fully saturated rings. The molecule has 2 heterocycles. The minimum Gasteiger partial charge on any atom is -0.398 e. The fourth-order valence-corrected chi connectivity index (χ4v) is 3.74. The summed E-state index contributed by atoms with van der Waals surface area (Å²) in [5.41, 5.74) is 10.2. The molecule has 1 saturated heterocycles. The van der Waals surface area contributed by atoms with Gasteiger partial charge in [-0.2, -0.15) is 0 Å². The third-order valence-electron chi connectivity index (χ3n) is 5.45. The fraction of sp³-hybridized carbons (Fsp3) is 0.333. The standard InChI is InChI=1S/C21H25N5O2/c1-14(15-5-3-2-4-6-15)26-13-16-11-17(18(22)12-19(16)24-21(26)27)20(23)25-7-9-28-10-8-25/h2-6,11-12,14,23H,7-10,13,22H2,1H3,(H,24,27). The molecule has 28 heavy (non-hydrogen) atoms. The SMILES string of the molecule is CC(c1ccccc1)N1Cc2cc(C(=N)N3CCOCC3)c(N)cc2NC1=O. The Hall–Kier alpha value is -3.06. The number of nitrogens with two attached hydrogens (primary N) is 1. The smallest absolute Gasteiger partial charge is 0.322 e. The van der Waals surface area contributed by atoms with Gasteiger partial charge in [0, 0.05) is 30.0 Å². The lowest BCUT2D eigenvalue weighted by Crippen LogP contribution is -2.42. The number of carbonyl (C=O) groups excluding carboxylic acids is 1. The first-order valence-corrected chi connectivity index (χ1v) is 9.51. The third kappa shape index (κ3) is 3.41. The number of fused-ring (bicyclic) bond motifs is 1. The van der Waals surface area contributed by atoms with E-state index in [9.17, 15) is 4.79 Å². The maximum absolute atomic E-state index is 12.7. The molecule has 4 rings (SSSR count). The number of ether oxygens (including phenoxy) is 1. The summed E-state index contributed by atoms with van der Waals surface area (Å²) in [7, 11) is 0. The van der Waals surface area contributed by atoms with E-state index in [1.165, 1.54) is 0 Å². The monoisotopic (exact) mass is 379 g/mol. The van der Waals surface area contributed by atoms with E-state index in [0.717, 1.165) is 16.8 Å². The number of amidine groups is 1. The number of morpholine rings is 1. The number of benzene rings is 2. The molecule has 2 amide bonds.